The van der Waals surface area contributed by atoms with Gasteiger partial charge < -0.3 is 20.5 Å². The molecule has 110 valence electrons. The first-order valence-corrected chi connectivity index (χ1v) is 6.05. The molecule has 3 N–H and O–H groups in total. The number of carboxylic acids is 1. The van der Waals surface area contributed by atoms with Crippen molar-refractivity contribution < 1.29 is 23.8 Å². The van der Waals surface area contributed by atoms with E-state index in [9.17, 15) is 14.0 Å². The van der Waals surface area contributed by atoms with Gasteiger partial charge in [-0.3, -0.25) is 4.79 Å². The van der Waals surface area contributed by atoms with Crippen LogP contribution in [0.4, 0.5) is 14.9 Å². The van der Waals surface area contributed by atoms with Crippen LogP contribution in [-0.4, -0.2) is 30.8 Å². The average Bonchev–Trinajstić information content (AvgIpc) is 2.41. The number of hydrogen-bond donors (Lipinski definition) is 3. The molecule has 1 aromatic rings. The summed E-state index contributed by atoms with van der Waals surface area (Å²) in [6.07, 6.45) is 0.295. The van der Waals surface area contributed by atoms with Gasteiger partial charge in [0.15, 0.2) is 0 Å². The van der Waals surface area contributed by atoms with Crippen LogP contribution in [0.15, 0.2) is 18.2 Å². The smallest absolute Gasteiger partial charge is 0.319 e. The van der Waals surface area contributed by atoms with E-state index in [-0.39, 0.29) is 12.2 Å². The Hall–Kier alpha value is -2.31. The van der Waals surface area contributed by atoms with Gasteiger partial charge in [-0.1, -0.05) is 6.92 Å². The van der Waals surface area contributed by atoms with Crippen LogP contribution in [-0.2, 0) is 4.79 Å². The van der Waals surface area contributed by atoms with Gasteiger partial charge in [0.2, 0.25) is 0 Å². The number of aliphatic carboxylic acids is 1. The summed E-state index contributed by atoms with van der Waals surface area (Å²) in [7, 11) is 1.43. The predicted octanol–water partition coefficient (Wildman–Crippen LogP) is 2.07. The number of amides is 2. The molecular weight excluding hydrogens is 267 g/mol. The lowest BCUT2D eigenvalue weighted by Crippen LogP contribution is -2.31. The lowest BCUT2D eigenvalue weighted by atomic mass is 10.1. The van der Waals surface area contributed by atoms with Crippen LogP contribution in [0.2, 0.25) is 0 Å². The fourth-order valence-corrected chi connectivity index (χ4v) is 1.42. The highest BCUT2D eigenvalue weighted by Crippen LogP contribution is 2.20. The minimum atomic E-state index is -0.925. The highest BCUT2D eigenvalue weighted by atomic mass is 19.1. The number of benzene rings is 1. The maximum atomic E-state index is 13.4. The molecule has 0 spiro atoms. The first-order chi connectivity index (χ1) is 9.43. The van der Waals surface area contributed by atoms with Gasteiger partial charge in [-0.05, 0) is 18.6 Å². The number of ether oxygens (including phenoxy) is 1. The van der Waals surface area contributed by atoms with Gasteiger partial charge >= 0.3 is 12.0 Å². The molecule has 0 bridgehead atoms. The molecule has 0 aromatic heterocycles. The minimum absolute atomic E-state index is 0.00636. The molecule has 0 aliphatic heterocycles. The van der Waals surface area contributed by atoms with Crippen molar-refractivity contribution >= 4 is 17.7 Å². The topological polar surface area (TPSA) is 87.7 Å². The second kappa shape index (κ2) is 7.32. The quantitative estimate of drug-likeness (QED) is 0.746. The normalized spacial score (nSPS) is 11.6. The number of urea groups is 1. The van der Waals surface area contributed by atoms with Crippen molar-refractivity contribution in [3.8, 4) is 5.75 Å². The van der Waals surface area contributed by atoms with Crippen molar-refractivity contribution in [1.82, 2.24) is 5.32 Å². The lowest BCUT2D eigenvalue weighted by Gasteiger charge is -2.10. The summed E-state index contributed by atoms with van der Waals surface area (Å²) in [6, 6.07) is 3.37. The second-order valence-electron chi connectivity index (χ2n) is 4.25. The van der Waals surface area contributed by atoms with Crippen LogP contribution >= 0.6 is 0 Å². The van der Waals surface area contributed by atoms with E-state index in [4.69, 9.17) is 9.84 Å². The minimum Gasteiger partial charge on any atom is -0.497 e. The standard InChI is InChI=1S/C13H17FN2O4/c1-8(12(17)18)5-6-15-13(19)16-11-7-9(20-2)3-4-10(11)14/h3-4,7-8H,5-6H2,1-2H3,(H,17,18)(H2,15,16,19). The van der Waals surface area contributed by atoms with Crippen molar-refractivity contribution in [3.05, 3.63) is 24.0 Å². The third kappa shape index (κ3) is 4.75. The van der Waals surface area contributed by atoms with Gasteiger partial charge in [-0.15, -0.1) is 0 Å². The molecule has 1 rings (SSSR count). The number of methoxy groups -OCH3 is 1. The van der Waals surface area contributed by atoms with Gasteiger partial charge in [-0.25, -0.2) is 9.18 Å². The molecule has 0 aliphatic carbocycles. The van der Waals surface area contributed by atoms with Gasteiger partial charge in [0.1, 0.15) is 11.6 Å². The molecule has 0 fully saturated rings. The van der Waals surface area contributed by atoms with E-state index in [1.165, 1.54) is 25.3 Å². The first kappa shape index (κ1) is 15.7. The Morgan fingerprint density at radius 3 is 2.75 bits per heavy atom. The largest absolute Gasteiger partial charge is 0.497 e. The van der Waals surface area contributed by atoms with Gasteiger partial charge in [-0.2, -0.15) is 0 Å². The molecule has 7 heteroatoms. The number of hydrogen-bond acceptors (Lipinski definition) is 3. The number of carboxylic acid groups (broad SMARTS) is 1. The van der Waals surface area contributed by atoms with E-state index in [0.717, 1.165) is 0 Å². The third-order valence-electron chi connectivity index (χ3n) is 2.71. The Kier molecular flexibility index (Phi) is 5.76. The molecule has 0 saturated carbocycles. The Balaban J connectivity index is 2.48. The Morgan fingerprint density at radius 2 is 2.15 bits per heavy atom. The summed E-state index contributed by atoms with van der Waals surface area (Å²) in [5, 5.41) is 13.5. The van der Waals surface area contributed by atoms with E-state index in [2.05, 4.69) is 10.6 Å². The molecular formula is C13H17FN2O4. The van der Waals surface area contributed by atoms with Crippen molar-refractivity contribution in [2.75, 3.05) is 19.0 Å². The predicted molar refractivity (Wildman–Crippen MR) is 71.4 cm³/mol. The first-order valence-electron chi connectivity index (χ1n) is 6.05. The molecule has 0 aliphatic rings. The number of anilines is 1. The summed E-state index contributed by atoms with van der Waals surface area (Å²) in [4.78, 5) is 22.1. The highest BCUT2D eigenvalue weighted by molar-refractivity contribution is 5.89. The second-order valence-corrected chi connectivity index (χ2v) is 4.25. The maximum Gasteiger partial charge on any atom is 0.319 e. The van der Waals surface area contributed by atoms with Gasteiger partial charge in [0, 0.05) is 12.6 Å². The molecule has 0 heterocycles. The van der Waals surface area contributed by atoms with E-state index in [0.29, 0.717) is 12.2 Å². The van der Waals surface area contributed by atoms with Crippen LogP contribution < -0.4 is 15.4 Å². The van der Waals surface area contributed by atoms with Gasteiger partial charge in [0.05, 0.1) is 18.7 Å². The van der Waals surface area contributed by atoms with E-state index < -0.39 is 23.7 Å². The van der Waals surface area contributed by atoms with E-state index in [1.807, 2.05) is 0 Å². The zero-order valence-electron chi connectivity index (χ0n) is 11.3. The van der Waals surface area contributed by atoms with Crippen molar-refractivity contribution in [3.63, 3.8) is 0 Å². The lowest BCUT2D eigenvalue weighted by molar-refractivity contribution is -0.141. The van der Waals surface area contributed by atoms with Gasteiger partial charge in [0.25, 0.3) is 0 Å². The number of nitrogens with one attached hydrogen (secondary N) is 2. The molecule has 1 aromatic carbocycles. The molecule has 1 unspecified atom stereocenters. The fourth-order valence-electron chi connectivity index (χ4n) is 1.42. The summed E-state index contributed by atoms with van der Waals surface area (Å²) in [5.41, 5.74) is -0.00636. The summed E-state index contributed by atoms with van der Waals surface area (Å²) in [6.45, 7) is 1.73. The van der Waals surface area contributed by atoms with Crippen LogP contribution in [0.1, 0.15) is 13.3 Å². The maximum absolute atomic E-state index is 13.4. The van der Waals surface area contributed by atoms with E-state index >= 15 is 0 Å². The Bertz CT molecular complexity index is 493. The Morgan fingerprint density at radius 1 is 1.45 bits per heavy atom. The number of carbonyl (C=O) groups excluding carboxylic acids is 1. The monoisotopic (exact) mass is 284 g/mol. The van der Waals surface area contributed by atoms with Crippen molar-refractivity contribution in [2.24, 2.45) is 5.92 Å². The van der Waals surface area contributed by atoms with Crippen LogP contribution in [0, 0.1) is 11.7 Å². The van der Waals surface area contributed by atoms with Crippen LogP contribution in [0.5, 0.6) is 5.75 Å². The summed E-state index contributed by atoms with van der Waals surface area (Å²) < 4.78 is 18.4. The summed E-state index contributed by atoms with van der Waals surface area (Å²) >= 11 is 0. The third-order valence-corrected chi connectivity index (χ3v) is 2.71. The van der Waals surface area contributed by atoms with Crippen LogP contribution in [0.3, 0.4) is 0 Å². The fraction of sp³-hybridized carbons (Fsp3) is 0.385. The molecule has 6 nitrogen and oxygen atoms in total. The molecule has 20 heavy (non-hydrogen) atoms. The van der Waals surface area contributed by atoms with Crippen molar-refractivity contribution in [1.29, 1.82) is 0 Å². The SMILES string of the molecule is COc1ccc(F)c(NC(=O)NCCC(C)C(=O)O)c1. The summed E-state index contributed by atoms with van der Waals surface area (Å²) in [5.74, 6) is -1.64. The number of carbonyl (C=O) groups is 2. The van der Waals surface area contributed by atoms with Crippen molar-refractivity contribution in [2.45, 2.75) is 13.3 Å². The average molecular weight is 284 g/mol. The zero-order chi connectivity index (χ0) is 15.1. The molecule has 1 atom stereocenters. The Labute approximate surface area is 115 Å². The van der Waals surface area contributed by atoms with Crippen LogP contribution in [0.25, 0.3) is 0 Å². The van der Waals surface area contributed by atoms with E-state index in [1.54, 1.807) is 6.92 Å². The zero-order valence-corrected chi connectivity index (χ0v) is 11.3. The molecule has 0 saturated heterocycles. The molecule has 0 radical (unpaired) electrons. The highest BCUT2D eigenvalue weighted by Gasteiger charge is 2.12. The molecule has 2 amide bonds. The number of halogens is 1. The number of rotatable bonds is 6.